The van der Waals surface area contributed by atoms with Gasteiger partial charge in [0.1, 0.15) is 0 Å². The van der Waals surface area contributed by atoms with Crippen LogP contribution in [0, 0.1) is 11.3 Å². The minimum absolute atomic E-state index is 0.0681. The Bertz CT molecular complexity index is 210. The van der Waals surface area contributed by atoms with E-state index in [2.05, 4.69) is 0 Å². The molecule has 2 N–H and O–H groups in total. The normalized spacial score (nSPS) is 47.8. The largest absolute Gasteiger partial charge is 0.481 e. The topological polar surface area (TPSA) is 57.5 Å². The maximum absolute atomic E-state index is 10.9. The number of aliphatic hydroxyl groups is 1. The predicted octanol–water partition coefficient (Wildman–Crippen LogP) is 1.26. The average Bonchev–Trinajstić information content (AvgIpc) is 2.15. The fourth-order valence-corrected chi connectivity index (χ4v) is 1.91. The molecule has 0 bridgehead atoms. The molecule has 0 unspecified atom stereocenters. The van der Waals surface area contributed by atoms with Crippen LogP contribution in [0.5, 0.6) is 0 Å². The summed E-state index contributed by atoms with van der Waals surface area (Å²) in [5, 5.41) is 18.9. The van der Waals surface area contributed by atoms with Crippen molar-refractivity contribution in [2.24, 2.45) is 11.3 Å². The van der Waals surface area contributed by atoms with Gasteiger partial charge in [0.15, 0.2) is 0 Å². The molecule has 0 radical (unpaired) electrons. The van der Waals surface area contributed by atoms with Gasteiger partial charge in [-0.25, -0.2) is 0 Å². The summed E-state index contributed by atoms with van der Waals surface area (Å²) >= 11 is 0. The molecule has 1 fully saturated rings. The maximum Gasteiger partial charge on any atom is 0.312 e. The molecule has 0 aliphatic heterocycles. The lowest BCUT2D eigenvalue weighted by atomic mass is 9.74. The smallest absolute Gasteiger partial charge is 0.312 e. The van der Waals surface area contributed by atoms with Crippen molar-refractivity contribution >= 4 is 5.97 Å². The van der Waals surface area contributed by atoms with Gasteiger partial charge in [-0.1, -0.05) is 6.92 Å². The summed E-state index contributed by atoms with van der Waals surface area (Å²) in [4.78, 5) is 10.9. The third-order valence-corrected chi connectivity index (χ3v) is 3.63. The van der Waals surface area contributed by atoms with Gasteiger partial charge in [0.05, 0.1) is 11.0 Å². The highest BCUT2D eigenvalue weighted by atomic mass is 16.4. The molecule has 1 rings (SSSR count). The summed E-state index contributed by atoms with van der Waals surface area (Å²) in [6, 6.07) is 0. The molecule has 1 aliphatic carbocycles. The summed E-state index contributed by atoms with van der Waals surface area (Å²) in [7, 11) is 0. The fraction of sp³-hybridized carbons (Fsp3) is 0.889. The molecule has 0 aromatic carbocycles. The number of carbonyl (C=O) groups is 1. The van der Waals surface area contributed by atoms with Crippen molar-refractivity contribution in [1.29, 1.82) is 0 Å². The molecule has 12 heavy (non-hydrogen) atoms. The molecule has 0 aromatic heterocycles. The van der Waals surface area contributed by atoms with Gasteiger partial charge < -0.3 is 10.2 Å². The van der Waals surface area contributed by atoms with E-state index in [0.717, 1.165) is 6.42 Å². The Morgan fingerprint density at radius 3 is 2.17 bits per heavy atom. The predicted molar refractivity (Wildman–Crippen MR) is 44.8 cm³/mol. The summed E-state index contributed by atoms with van der Waals surface area (Å²) in [6.07, 6.45) is 1.35. The van der Waals surface area contributed by atoms with E-state index in [0.29, 0.717) is 6.42 Å². The van der Waals surface area contributed by atoms with Crippen molar-refractivity contribution in [3.8, 4) is 0 Å². The highest BCUT2D eigenvalue weighted by Crippen LogP contribution is 2.49. The first-order valence-corrected chi connectivity index (χ1v) is 4.28. The number of hydrogen-bond donors (Lipinski definition) is 2. The molecular weight excluding hydrogens is 156 g/mol. The van der Waals surface area contributed by atoms with Gasteiger partial charge in [0, 0.05) is 0 Å². The lowest BCUT2D eigenvalue weighted by Gasteiger charge is -2.35. The van der Waals surface area contributed by atoms with Crippen LogP contribution >= 0.6 is 0 Å². The molecule has 70 valence electrons. The number of aliphatic carboxylic acids is 1. The van der Waals surface area contributed by atoms with Crippen LogP contribution in [0.3, 0.4) is 0 Å². The molecule has 0 aromatic rings. The molecule has 3 atom stereocenters. The summed E-state index contributed by atoms with van der Waals surface area (Å²) in [6.45, 7) is 5.14. The van der Waals surface area contributed by atoms with Gasteiger partial charge in [-0.15, -0.1) is 0 Å². The standard InChI is InChI=1S/C9H16O3/c1-6-4-5-8(2,7(10)11)9(6,3)12/h6,12H,4-5H2,1-3H3,(H,10,11)/t6-,8+,9+/m1/s1. The van der Waals surface area contributed by atoms with Gasteiger partial charge >= 0.3 is 5.97 Å². The molecular formula is C9H16O3. The zero-order valence-electron chi connectivity index (χ0n) is 7.79. The number of carboxylic acids is 1. The van der Waals surface area contributed by atoms with Gasteiger partial charge in [-0.2, -0.15) is 0 Å². The van der Waals surface area contributed by atoms with Crippen molar-refractivity contribution in [2.75, 3.05) is 0 Å². The first kappa shape index (κ1) is 9.52. The van der Waals surface area contributed by atoms with Crippen molar-refractivity contribution in [1.82, 2.24) is 0 Å². The molecule has 1 aliphatic rings. The second-order valence-electron chi connectivity index (χ2n) is 4.22. The van der Waals surface area contributed by atoms with Gasteiger partial charge in [-0.3, -0.25) is 4.79 Å². The van der Waals surface area contributed by atoms with E-state index < -0.39 is 17.0 Å². The summed E-state index contributed by atoms with van der Waals surface area (Å²) in [5.74, 6) is -0.824. The molecule has 0 amide bonds. The first-order chi connectivity index (χ1) is 5.32. The van der Waals surface area contributed by atoms with Crippen LogP contribution in [-0.4, -0.2) is 21.8 Å². The van der Waals surface area contributed by atoms with Crippen LogP contribution in [0.1, 0.15) is 33.6 Å². The van der Waals surface area contributed by atoms with E-state index >= 15 is 0 Å². The SMILES string of the molecule is C[C@@H]1CC[C@@](C)(C(=O)O)[C@@]1(C)O. The van der Waals surface area contributed by atoms with E-state index in [-0.39, 0.29) is 5.92 Å². The molecule has 3 heteroatoms. The Morgan fingerprint density at radius 1 is 1.50 bits per heavy atom. The minimum Gasteiger partial charge on any atom is -0.481 e. The lowest BCUT2D eigenvalue weighted by molar-refractivity contribution is -0.163. The van der Waals surface area contributed by atoms with Crippen molar-refractivity contribution in [3.63, 3.8) is 0 Å². The highest BCUT2D eigenvalue weighted by Gasteiger charge is 2.56. The second kappa shape index (κ2) is 2.46. The van der Waals surface area contributed by atoms with E-state index in [1.54, 1.807) is 13.8 Å². The van der Waals surface area contributed by atoms with Crippen LogP contribution in [0.4, 0.5) is 0 Å². The van der Waals surface area contributed by atoms with Crippen LogP contribution in [0.2, 0.25) is 0 Å². The quantitative estimate of drug-likeness (QED) is 0.626. The van der Waals surface area contributed by atoms with Crippen molar-refractivity contribution in [3.05, 3.63) is 0 Å². The molecule has 3 nitrogen and oxygen atoms in total. The van der Waals surface area contributed by atoms with Crippen molar-refractivity contribution in [2.45, 2.75) is 39.2 Å². The third-order valence-electron chi connectivity index (χ3n) is 3.63. The van der Waals surface area contributed by atoms with E-state index in [4.69, 9.17) is 5.11 Å². The van der Waals surface area contributed by atoms with E-state index in [9.17, 15) is 9.90 Å². The Balaban J connectivity index is 3.01. The maximum atomic E-state index is 10.9. The molecule has 0 spiro atoms. The number of carboxylic acid groups (broad SMARTS) is 1. The first-order valence-electron chi connectivity index (χ1n) is 4.28. The molecule has 0 saturated heterocycles. The Kier molecular flexibility index (Phi) is 1.95. The Hall–Kier alpha value is -0.570. The van der Waals surface area contributed by atoms with E-state index in [1.165, 1.54) is 0 Å². The van der Waals surface area contributed by atoms with Crippen molar-refractivity contribution < 1.29 is 15.0 Å². The zero-order valence-corrected chi connectivity index (χ0v) is 7.79. The van der Waals surface area contributed by atoms with E-state index in [1.807, 2.05) is 6.92 Å². The third kappa shape index (κ3) is 0.959. The van der Waals surface area contributed by atoms with Crippen LogP contribution in [-0.2, 0) is 4.79 Å². The summed E-state index contributed by atoms with van der Waals surface area (Å²) < 4.78 is 0. The van der Waals surface area contributed by atoms with Crippen LogP contribution in [0.15, 0.2) is 0 Å². The van der Waals surface area contributed by atoms with Crippen LogP contribution < -0.4 is 0 Å². The van der Waals surface area contributed by atoms with Gasteiger partial charge in [0.2, 0.25) is 0 Å². The number of hydrogen-bond acceptors (Lipinski definition) is 2. The minimum atomic E-state index is -1.07. The summed E-state index contributed by atoms with van der Waals surface area (Å²) in [5.41, 5.74) is -2.04. The Morgan fingerprint density at radius 2 is 2.00 bits per heavy atom. The highest BCUT2D eigenvalue weighted by molar-refractivity contribution is 5.76. The monoisotopic (exact) mass is 172 g/mol. The van der Waals surface area contributed by atoms with Crippen LogP contribution in [0.25, 0.3) is 0 Å². The van der Waals surface area contributed by atoms with Gasteiger partial charge in [-0.05, 0) is 32.6 Å². The molecule has 1 saturated carbocycles. The fourth-order valence-electron chi connectivity index (χ4n) is 1.91. The number of rotatable bonds is 1. The zero-order chi connectivity index (χ0) is 9.57. The lowest BCUT2D eigenvalue weighted by Crippen LogP contribution is -2.47. The second-order valence-corrected chi connectivity index (χ2v) is 4.22. The van der Waals surface area contributed by atoms with Gasteiger partial charge in [0.25, 0.3) is 0 Å². The molecule has 0 heterocycles. The average molecular weight is 172 g/mol. The Labute approximate surface area is 72.4 Å².